The number of aromatic nitrogens is 7. The molecule has 1 amide bonds. The minimum Gasteiger partial charge on any atom is -0.494 e. The summed E-state index contributed by atoms with van der Waals surface area (Å²) in [5.41, 5.74) is 2.48. The Morgan fingerprint density at radius 1 is 1.18 bits per heavy atom. The van der Waals surface area contributed by atoms with Crippen molar-refractivity contribution < 1.29 is 22.7 Å². The number of aryl methyl sites for hydroxylation is 3. The van der Waals surface area contributed by atoms with Crippen molar-refractivity contribution in [3.63, 3.8) is 0 Å². The Morgan fingerprint density at radius 3 is 2.68 bits per heavy atom. The molecule has 0 aromatic carbocycles. The van der Waals surface area contributed by atoms with Crippen LogP contribution in [0.3, 0.4) is 0 Å². The van der Waals surface area contributed by atoms with Gasteiger partial charge < -0.3 is 18.8 Å². The lowest BCUT2D eigenvalue weighted by Gasteiger charge is -2.35. The van der Waals surface area contributed by atoms with Crippen LogP contribution in [0.15, 0.2) is 57.2 Å². The highest BCUT2D eigenvalue weighted by molar-refractivity contribution is 8.16. The van der Waals surface area contributed by atoms with Crippen molar-refractivity contribution in [1.82, 2.24) is 39.5 Å². The van der Waals surface area contributed by atoms with Gasteiger partial charge in [-0.2, -0.15) is 11.1 Å². The monoisotopic (exact) mass is 625 g/mol. The van der Waals surface area contributed by atoms with E-state index in [1.807, 2.05) is 20.2 Å². The molecule has 2 aliphatic heterocycles. The maximum Gasteiger partial charge on any atom is 0.329 e. The van der Waals surface area contributed by atoms with Gasteiger partial charge in [-0.1, -0.05) is 10.3 Å². The van der Waals surface area contributed by atoms with E-state index in [0.29, 0.717) is 12.3 Å². The number of carbonyl (C=O) groups is 1. The summed E-state index contributed by atoms with van der Waals surface area (Å²) in [6.07, 6.45) is 4.45. The molecule has 0 radical (unpaired) electrons. The van der Waals surface area contributed by atoms with E-state index in [0.717, 1.165) is 52.2 Å². The predicted octanol–water partition coefficient (Wildman–Crippen LogP) is 3.35. The zero-order chi connectivity index (χ0) is 31.1. The Labute approximate surface area is 252 Å². The van der Waals surface area contributed by atoms with Crippen LogP contribution < -0.4 is 19.9 Å². The standard InChI is InChI=1S/C28H29F2N9O4S/c1-15-27(37(3)36-32-15)38-7-5-18-14-44(8-6-17(18)12-38)35-26(41)20-10-24(40)39(28-34-33-16(2)43-28)13-21(20)19-9-22(25(29)30)31-11-23(19)42-4/h5,7,9-11,13,25,44H,6,8,12,14H2,1-4H3,(H,35,41). The van der Waals surface area contributed by atoms with Gasteiger partial charge in [0.05, 0.1) is 18.9 Å². The summed E-state index contributed by atoms with van der Waals surface area (Å²) in [5, 5.41) is 15.9. The molecule has 4 aromatic heterocycles. The molecule has 230 valence electrons. The van der Waals surface area contributed by atoms with Crippen molar-refractivity contribution in [3.8, 4) is 22.9 Å². The van der Waals surface area contributed by atoms with Gasteiger partial charge >= 0.3 is 6.01 Å². The molecule has 0 saturated heterocycles. The second kappa shape index (κ2) is 11.7. The van der Waals surface area contributed by atoms with Gasteiger partial charge in [0, 0.05) is 55.9 Å². The van der Waals surface area contributed by atoms with Crippen LogP contribution in [0.1, 0.15) is 40.5 Å². The van der Waals surface area contributed by atoms with Crippen molar-refractivity contribution >= 4 is 22.8 Å². The number of halogens is 2. The number of rotatable bonds is 7. The summed E-state index contributed by atoms with van der Waals surface area (Å²) in [6.45, 7) is 4.19. The quantitative estimate of drug-likeness (QED) is 0.293. The highest BCUT2D eigenvalue weighted by Crippen LogP contribution is 2.39. The molecule has 2 aliphatic rings. The molecule has 0 aliphatic carbocycles. The number of hydrogen-bond donors (Lipinski definition) is 2. The average Bonchev–Trinajstić information content (AvgIpc) is 3.60. The highest BCUT2D eigenvalue weighted by atomic mass is 32.2. The van der Waals surface area contributed by atoms with Gasteiger partial charge in [-0.15, -0.1) is 10.2 Å². The second-order valence-electron chi connectivity index (χ2n) is 10.3. The largest absolute Gasteiger partial charge is 0.494 e. The topological polar surface area (TPSA) is 146 Å². The molecular formula is C28H29F2N9O4S. The van der Waals surface area contributed by atoms with Crippen LogP contribution in [0, 0.1) is 13.8 Å². The lowest BCUT2D eigenvalue weighted by Crippen LogP contribution is -2.32. The summed E-state index contributed by atoms with van der Waals surface area (Å²) >= 11 is -0.987. The van der Waals surface area contributed by atoms with Gasteiger partial charge in [-0.3, -0.25) is 14.6 Å². The van der Waals surface area contributed by atoms with Crippen molar-refractivity contribution in [3.05, 3.63) is 81.1 Å². The molecule has 0 spiro atoms. The molecule has 6 rings (SSSR count). The molecular weight excluding hydrogens is 596 g/mol. The van der Waals surface area contributed by atoms with Crippen LogP contribution in [-0.4, -0.2) is 65.8 Å². The van der Waals surface area contributed by atoms with Crippen LogP contribution in [0.4, 0.5) is 14.6 Å². The average molecular weight is 626 g/mol. The second-order valence-corrected chi connectivity index (χ2v) is 12.4. The summed E-state index contributed by atoms with van der Waals surface area (Å²) in [6, 6.07) is 2.15. The van der Waals surface area contributed by atoms with Gasteiger partial charge in [0.15, 0.2) is 5.82 Å². The number of pyridine rings is 2. The number of hydrogen-bond acceptors (Lipinski definition) is 10. The molecule has 44 heavy (non-hydrogen) atoms. The maximum absolute atomic E-state index is 13.8. The van der Waals surface area contributed by atoms with Crippen LogP contribution >= 0.6 is 11.1 Å². The number of nitrogens with zero attached hydrogens (tertiary/aromatic N) is 8. The fourth-order valence-corrected chi connectivity index (χ4v) is 7.37. The van der Waals surface area contributed by atoms with Crippen molar-refractivity contribution in [2.75, 3.05) is 30.1 Å². The number of carbonyl (C=O) groups excluding carboxylic acids is 1. The fraction of sp³-hybridized carbons (Fsp3) is 0.321. The van der Waals surface area contributed by atoms with Crippen molar-refractivity contribution in [2.24, 2.45) is 7.05 Å². The fourth-order valence-electron chi connectivity index (χ4n) is 5.33. The number of thiol groups is 1. The minimum atomic E-state index is -2.87. The van der Waals surface area contributed by atoms with E-state index in [4.69, 9.17) is 9.15 Å². The first kappa shape index (κ1) is 29.2. The summed E-state index contributed by atoms with van der Waals surface area (Å²) in [5.74, 6) is 2.18. The third-order valence-electron chi connectivity index (χ3n) is 7.45. The lowest BCUT2D eigenvalue weighted by molar-refractivity contribution is 0.0984. The van der Waals surface area contributed by atoms with E-state index in [1.165, 1.54) is 18.9 Å². The molecule has 6 heterocycles. The molecule has 16 heteroatoms. The smallest absolute Gasteiger partial charge is 0.329 e. The number of methoxy groups -OCH3 is 1. The molecule has 0 bridgehead atoms. The normalized spacial score (nSPS) is 17.2. The van der Waals surface area contributed by atoms with Gasteiger partial charge in [0.25, 0.3) is 17.9 Å². The van der Waals surface area contributed by atoms with Crippen LogP contribution in [0.2, 0.25) is 0 Å². The molecule has 4 aromatic rings. The van der Waals surface area contributed by atoms with Crippen molar-refractivity contribution in [1.29, 1.82) is 0 Å². The molecule has 0 fully saturated rings. The number of allylic oxidation sites excluding steroid dienone is 1. The van der Waals surface area contributed by atoms with E-state index in [2.05, 4.69) is 41.2 Å². The van der Waals surface area contributed by atoms with Crippen LogP contribution in [0.5, 0.6) is 5.75 Å². The first-order chi connectivity index (χ1) is 21.1. The maximum atomic E-state index is 13.8. The Bertz CT molecular complexity index is 1860. The molecule has 1 N–H and O–H groups in total. The molecule has 1 atom stereocenters. The number of amides is 1. The Balaban J connectivity index is 1.31. The molecule has 0 saturated carbocycles. The number of ether oxygens (including phenoxy) is 1. The van der Waals surface area contributed by atoms with E-state index in [-0.39, 0.29) is 34.3 Å². The highest BCUT2D eigenvalue weighted by Gasteiger charge is 2.27. The van der Waals surface area contributed by atoms with Crippen LogP contribution in [0.25, 0.3) is 17.1 Å². The van der Waals surface area contributed by atoms with E-state index in [9.17, 15) is 18.4 Å². The lowest BCUT2D eigenvalue weighted by atomic mass is 10.0. The third kappa shape index (κ3) is 5.47. The van der Waals surface area contributed by atoms with E-state index in [1.54, 1.807) is 11.6 Å². The first-order valence-electron chi connectivity index (χ1n) is 13.6. The SMILES string of the molecule is COc1cnc(C(F)F)cc1-c1cn(-c2nnc(C)o2)c(=O)cc1C(=O)N[SH]1CCC2=C(C=CN(c3c(C)nnn3C)C2)C1. The first-order valence-corrected chi connectivity index (χ1v) is 15.3. The Kier molecular flexibility index (Phi) is 7.75. The summed E-state index contributed by atoms with van der Waals surface area (Å²) < 4.78 is 44.1. The Hall–Kier alpha value is -4.86. The third-order valence-corrected chi connectivity index (χ3v) is 9.45. The zero-order valence-corrected chi connectivity index (χ0v) is 25.2. The minimum absolute atomic E-state index is 0.000903. The predicted molar refractivity (Wildman–Crippen MR) is 159 cm³/mol. The number of anilines is 1. The molecule has 1 unspecified atom stereocenters. The number of alkyl halides is 2. The van der Waals surface area contributed by atoms with Gasteiger partial charge in [-0.05, 0) is 42.4 Å². The van der Waals surface area contributed by atoms with Gasteiger partial charge in [0.2, 0.25) is 5.89 Å². The van der Waals surface area contributed by atoms with Crippen molar-refractivity contribution in [2.45, 2.75) is 26.7 Å². The zero-order valence-electron chi connectivity index (χ0n) is 24.3. The van der Waals surface area contributed by atoms with E-state index >= 15 is 0 Å². The Morgan fingerprint density at radius 2 is 2.00 bits per heavy atom. The number of nitrogens with one attached hydrogen (secondary N) is 1. The van der Waals surface area contributed by atoms with Gasteiger partial charge in [-0.25, -0.2) is 18.0 Å². The van der Waals surface area contributed by atoms with Gasteiger partial charge in [0.1, 0.15) is 17.1 Å². The summed E-state index contributed by atoms with van der Waals surface area (Å²) in [4.78, 5) is 32.9. The summed E-state index contributed by atoms with van der Waals surface area (Å²) in [7, 11) is 3.22. The molecule has 13 nitrogen and oxygen atoms in total. The van der Waals surface area contributed by atoms with E-state index < -0.39 is 34.7 Å². The van der Waals surface area contributed by atoms with Crippen LogP contribution in [-0.2, 0) is 7.05 Å².